The summed E-state index contributed by atoms with van der Waals surface area (Å²) in [6.07, 6.45) is 6.48. The number of anilines is 1. The van der Waals surface area contributed by atoms with Crippen molar-refractivity contribution >= 4 is 35.3 Å². The summed E-state index contributed by atoms with van der Waals surface area (Å²) in [6.45, 7) is 1.74. The molecule has 0 bridgehead atoms. The molecule has 3 heteroatoms. The van der Waals surface area contributed by atoms with Crippen molar-refractivity contribution in [2.24, 2.45) is 4.99 Å². The van der Waals surface area contributed by atoms with Crippen LogP contribution >= 0.6 is 11.8 Å². The Morgan fingerprint density at radius 2 is 1.59 bits per heavy atom. The predicted octanol–water partition coefficient (Wildman–Crippen LogP) is 6.40. The minimum atomic E-state index is 0.807. The van der Waals surface area contributed by atoms with Gasteiger partial charge in [0.05, 0.1) is 12.3 Å². The summed E-state index contributed by atoms with van der Waals surface area (Å²) in [7, 11) is 2.13. The number of benzene rings is 3. The zero-order chi connectivity index (χ0) is 19.9. The number of benzodiazepines with no additional fused rings is 1. The van der Waals surface area contributed by atoms with Crippen LogP contribution in [0.3, 0.4) is 0 Å². The van der Waals surface area contributed by atoms with Crippen LogP contribution in [0.25, 0.3) is 12.2 Å². The van der Waals surface area contributed by atoms with Gasteiger partial charge in [0.2, 0.25) is 0 Å². The van der Waals surface area contributed by atoms with Gasteiger partial charge in [0.25, 0.3) is 0 Å². The van der Waals surface area contributed by atoms with Crippen molar-refractivity contribution in [1.82, 2.24) is 0 Å². The molecule has 0 radical (unpaired) electrons. The van der Waals surface area contributed by atoms with Crippen LogP contribution in [0.2, 0.25) is 0 Å². The van der Waals surface area contributed by atoms with Gasteiger partial charge in [-0.15, -0.1) is 0 Å². The number of nitrogens with zero attached hydrogens (tertiary/aromatic N) is 2. The van der Waals surface area contributed by atoms with Gasteiger partial charge in [-0.05, 0) is 40.8 Å². The van der Waals surface area contributed by atoms with Crippen LogP contribution in [-0.2, 0) is 0 Å². The maximum Gasteiger partial charge on any atom is 0.0668 e. The summed E-state index contributed by atoms with van der Waals surface area (Å²) in [5.74, 6) is 0. The molecule has 144 valence electrons. The Morgan fingerprint density at radius 3 is 2.48 bits per heavy atom. The molecule has 0 saturated carbocycles. The van der Waals surface area contributed by atoms with Crippen molar-refractivity contribution in [2.75, 3.05) is 25.0 Å². The fourth-order valence-corrected chi connectivity index (χ4v) is 4.14. The predicted molar refractivity (Wildman–Crippen MR) is 128 cm³/mol. The average Bonchev–Trinajstić information content (AvgIpc) is 2.93. The first kappa shape index (κ1) is 19.3. The van der Waals surface area contributed by atoms with E-state index >= 15 is 0 Å². The molecule has 0 aliphatic carbocycles. The standard InChI is InChI=1S/C26H24N2S/c1-28-19-18-27-24(23-12-6-7-13-25(23)28)16-15-22-11-5-8-14-26(22)29-20-17-21-9-3-2-4-10-21/h2-17,20H,18-19H2,1H3/b16-15-,20-17+. The van der Waals surface area contributed by atoms with Crippen LogP contribution in [0.4, 0.5) is 5.69 Å². The molecule has 0 unspecified atom stereocenters. The van der Waals surface area contributed by atoms with Crippen LogP contribution in [0.15, 0.2) is 100 Å². The molecule has 4 rings (SSSR count). The van der Waals surface area contributed by atoms with Gasteiger partial charge in [-0.3, -0.25) is 4.99 Å². The normalized spacial score (nSPS) is 14.1. The van der Waals surface area contributed by atoms with Gasteiger partial charge in [0, 0.05) is 29.7 Å². The SMILES string of the molecule is CN1CCN=C(/C=C\c2ccccc2S/C=C/c2ccccc2)c2ccccc21. The molecular formula is C26H24N2S. The van der Waals surface area contributed by atoms with Crippen LogP contribution in [0, 0.1) is 0 Å². The lowest BCUT2D eigenvalue weighted by atomic mass is 10.1. The van der Waals surface area contributed by atoms with Crippen molar-refractivity contribution in [2.45, 2.75) is 4.90 Å². The third-order valence-electron chi connectivity index (χ3n) is 4.90. The molecule has 0 aromatic heterocycles. The quantitative estimate of drug-likeness (QED) is 0.464. The number of thioether (sulfide) groups is 1. The summed E-state index contributed by atoms with van der Waals surface area (Å²) < 4.78 is 0. The van der Waals surface area contributed by atoms with E-state index in [0.717, 1.165) is 18.8 Å². The molecule has 1 aliphatic rings. The van der Waals surface area contributed by atoms with Crippen LogP contribution in [-0.4, -0.2) is 25.8 Å². The first-order chi connectivity index (χ1) is 14.3. The molecule has 1 heterocycles. The van der Waals surface area contributed by atoms with E-state index in [4.69, 9.17) is 4.99 Å². The lowest BCUT2D eigenvalue weighted by molar-refractivity contribution is 0.897. The van der Waals surface area contributed by atoms with Crippen molar-refractivity contribution < 1.29 is 0 Å². The Kier molecular flexibility index (Phi) is 6.28. The summed E-state index contributed by atoms with van der Waals surface area (Å²) in [5.41, 5.74) is 5.89. The first-order valence-electron chi connectivity index (χ1n) is 9.81. The number of allylic oxidation sites excluding steroid dienone is 1. The van der Waals surface area contributed by atoms with E-state index in [2.05, 4.69) is 108 Å². The Bertz CT molecular complexity index is 1050. The molecule has 0 amide bonds. The second-order valence-electron chi connectivity index (χ2n) is 6.91. The van der Waals surface area contributed by atoms with Crippen molar-refractivity contribution in [3.63, 3.8) is 0 Å². The summed E-state index contributed by atoms with van der Waals surface area (Å²) in [6, 6.07) is 27.4. The van der Waals surface area contributed by atoms with E-state index in [9.17, 15) is 0 Å². The Balaban J connectivity index is 1.56. The van der Waals surface area contributed by atoms with E-state index in [-0.39, 0.29) is 0 Å². The lowest BCUT2D eigenvalue weighted by Gasteiger charge is -2.18. The molecule has 29 heavy (non-hydrogen) atoms. The van der Waals surface area contributed by atoms with Crippen LogP contribution < -0.4 is 4.90 Å². The molecule has 2 nitrogen and oxygen atoms in total. The summed E-state index contributed by atoms with van der Waals surface area (Å²) >= 11 is 1.74. The van der Waals surface area contributed by atoms with Gasteiger partial charge in [0.15, 0.2) is 0 Å². The minimum absolute atomic E-state index is 0.807. The fourth-order valence-electron chi connectivity index (χ4n) is 3.34. The molecule has 0 saturated heterocycles. The van der Waals surface area contributed by atoms with Gasteiger partial charge in [-0.1, -0.05) is 84.6 Å². The molecule has 0 N–H and O–H groups in total. The number of hydrogen-bond donors (Lipinski definition) is 0. The van der Waals surface area contributed by atoms with E-state index in [1.807, 2.05) is 6.07 Å². The second kappa shape index (κ2) is 9.44. The molecule has 3 aromatic carbocycles. The topological polar surface area (TPSA) is 15.6 Å². The van der Waals surface area contributed by atoms with Gasteiger partial charge >= 0.3 is 0 Å². The zero-order valence-electron chi connectivity index (χ0n) is 16.5. The third kappa shape index (κ3) is 4.87. The number of likely N-dealkylation sites (N-methyl/N-ethyl adjacent to an activating group) is 1. The molecule has 0 spiro atoms. The van der Waals surface area contributed by atoms with Gasteiger partial charge < -0.3 is 4.90 Å². The largest absolute Gasteiger partial charge is 0.372 e. The number of aliphatic imine (C=N–C) groups is 1. The van der Waals surface area contributed by atoms with Crippen molar-refractivity contribution in [3.8, 4) is 0 Å². The second-order valence-corrected chi connectivity index (χ2v) is 7.86. The highest BCUT2D eigenvalue weighted by Gasteiger charge is 2.13. The smallest absolute Gasteiger partial charge is 0.0668 e. The molecule has 0 fully saturated rings. The molecular weight excluding hydrogens is 372 g/mol. The Morgan fingerprint density at radius 1 is 0.828 bits per heavy atom. The van der Waals surface area contributed by atoms with Crippen LogP contribution in [0.5, 0.6) is 0 Å². The number of rotatable bonds is 5. The van der Waals surface area contributed by atoms with E-state index in [1.54, 1.807) is 11.8 Å². The third-order valence-corrected chi connectivity index (χ3v) is 5.80. The highest BCUT2D eigenvalue weighted by Crippen LogP contribution is 2.27. The van der Waals surface area contributed by atoms with E-state index in [1.165, 1.54) is 27.3 Å². The van der Waals surface area contributed by atoms with Crippen molar-refractivity contribution in [3.05, 3.63) is 107 Å². The number of fused-ring (bicyclic) bond motifs is 1. The van der Waals surface area contributed by atoms with Crippen LogP contribution in [0.1, 0.15) is 16.7 Å². The van der Waals surface area contributed by atoms with Gasteiger partial charge in [-0.25, -0.2) is 0 Å². The molecule has 0 atom stereocenters. The minimum Gasteiger partial charge on any atom is -0.372 e. The molecule has 3 aromatic rings. The highest BCUT2D eigenvalue weighted by molar-refractivity contribution is 8.02. The zero-order valence-corrected chi connectivity index (χ0v) is 17.3. The number of hydrogen-bond acceptors (Lipinski definition) is 3. The van der Waals surface area contributed by atoms with E-state index < -0.39 is 0 Å². The number of para-hydroxylation sites is 1. The van der Waals surface area contributed by atoms with Gasteiger partial charge in [0.1, 0.15) is 0 Å². The van der Waals surface area contributed by atoms with Gasteiger partial charge in [-0.2, -0.15) is 0 Å². The monoisotopic (exact) mass is 396 g/mol. The maximum atomic E-state index is 4.83. The van der Waals surface area contributed by atoms with E-state index in [0.29, 0.717) is 0 Å². The summed E-state index contributed by atoms with van der Waals surface area (Å²) in [4.78, 5) is 8.34. The first-order valence-corrected chi connectivity index (χ1v) is 10.7. The Labute approximate surface area is 177 Å². The maximum absolute atomic E-state index is 4.83. The highest BCUT2D eigenvalue weighted by atomic mass is 32.2. The molecule has 1 aliphatic heterocycles. The average molecular weight is 397 g/mol. The Hall–Kier alpha value is -3.04. The van der Waals surface area contributed by atoms with Crippen molar-refractivity contribution in [1.29, 1.82) is 0 Å². The lowest BCUT2D eigenvalue weighted by Crippen LogP contribution is -2.20. The summed E-state index contributed by atoms with van der Waals surface area (Å²) in [5, 5.41) is 2.15. The fraction of sp³-hybridized carbons (Fsp3) is 0.115.